The van der Waals surface area contributed by atoms with E-state index in [1.165, 1.54) is 12.1 Å². The van der Waals surface area contributed by atoms with Crippen LogP contribution in [0.15, 0.2) is 84.9 Å². The Hall–Kier alpha value is -3.48. The highest BCUT2D eigenvalue weighted by molar-refractivity contribution is 5.43. The van der Waals surface area contributed by atoms with Crippen molar-refractivity contribution in [3.63, 3.8) is 0 Å². The highest BCUT2D eigenvalue weighted by Crippen LogP contribution is 2.32. The van der Waals surface area contributed by atoms with Crippen LogP contribution in [-0.2, 0) is 6.54 Å². The molecule has 1 unspecified atom stereocenters. The molecule has 1 atom stereocenters. The average Bonchev–Trinajstić information content (AvgIpc) is 3.14. The third kappa shape index (κ3) is 5.53. The molecule has 0 amide bonds. The number of hydrogen-bond acceptors (Lipinski definition) is 4. The molecule has 0 saturated heterocycles. The molecule has 0 fully saturated rings. The highest BCUT2D eigenvalue weighted by Gasteiger charge is 2.24. The lowest BCUT2D eigenvalue weighted by molar-refractivity contribution is 0.0902. The lowest BCUT2D eigenvalue weighted by Gasteiger charge is -2.29. The number of ether oxygens (including phenoxy) is 1. The summed E-state index contributed by atoms with van der Waals surface area (Å²) in [7, 11) is 0. The van der Waals surface area contributed by atoms with Crippen LogP contribution >= 0.6 is 0 Å². The zero-order chi connectivity index (χ0) is 24.1. The van der Waals surface area contributed by atoms with Gasteiger partial charge in [-0.1, -0.05) is 54.6 Å². The van der Waals surface area contributed by atoms with Gasteiger partial charge in [0, 0.05) is 25.2 Å². The smallest absolute Gasteiger partial charge is 0.227 e. The number of nitrogens with zero attached hydrogens (tertiary/aromatic N) is 3. The van der Waals surface area contributed by atoms with E-state index in [0.29, 0.717) is 24.7 Å². The van der Waals surface area contributed by atoms with Crippen molar-refractivity contribution < 1.29 is 14.2 Å². The largest absolute Gasteiger partial charge is 0.438 e. The molecule has 0 aliphatic rings. The molecule has 3 aromatic carbocycles. The van der Waals surface area contributed by atoms with E-state index in [9.17, 15) is 9.50 Å². The van der Waals surface area contributed by atoms with E-state index in [-0.39, 0.29) is 11.9 Å². The Morgan fingerprint density at radius 1 is 0.971 bits per heavy atom. The first-order valence-electron chi connectivity index (χ1n) is 11.5. The van der Waals surface area contributed by atoms with Crippen molar-refractivity contribution in [3.8, 4) is 17.3 Å². The summed E-state index contributed by atoms with van der Waals surface area (Å²) in [6.45, 7) is 7.12. The molecule has 1 heterocycles. The summed E-state index contributed by atoms with van der Waals surface area (Å²) in [5.74, 6) is 0.573. The van der Waals surface area contributed by atoms with Crippen LogP contribution in [0.3, 0.4) is 0 Å². The third-order valence-electron chi connectivity index (χ3n) is 5.83. The van der Waals surface area contributed by atoms with Gasteiger partial charge in [-0.25, -0.2) is 9.07 Å². The first-order chi connectivity index (χ1) is 16.4. The second kappa shape index (κ2) is 10.6. The van der Waals surface area contributed by atoms with Crippen molar-refractivity contribution in [2.45, 2.75) is 39.5 Å². The summed E-state index contributed by atoms with van der Waals surface area (Å²) in [4.78, 5) is 2.19. The Labute approximate surface area is 200 Å². The molecule has 0 aliphatic heterocycles. The van der Waals surface area contributed by atoms with Crippen LogP contribution in [0.4, 0.5) is 4.39 Å². The minimum absolute atomic E-state index is 0.167. The van der Waals surface area contributed by atoms with Crippen molar-refractivity contribution in [1.29, 1.82) is 0 Å². The summed E-state index contributed by atoms with van der Waals surface area (Å²) in [5.41, 5.74) is 3.43. The number of rotatable bonds is 9. The summed E-state index contributed by atoms with van der Waals surface area (Å²) in [5, 5.41) is 15.6. The number of benzene rings is 3. The fourth-order valence-corrected chi connectivity index (χ4v) is 3.88. The van der Waals surface area contributed by atoms with Crippen LogP contribution in [0.1, 0.15) is 36.8 Å². The van der Waals surface area contributed by atoms with Gasteiger partial charge in [0.15, 0.2) is 0 Å². The topological polar surface area (TPSA) is 50.5 Å². The lowest BCUT2D eigenvalue weighted by atomic mass is 10.1. The minimum Gasteiger partial charge on any atom is -0.438 e. The molecule has 34 heavy (non-hydrogen) atoms. The number of aliphatic hydroxyl groups is 1. The fraction of sp³-hybridized carbons (Fsp3) is 0.250. The molecule has 5 nitrogen and oxygen atoms in total. The van der Waals surface area contributed by atoms with Gasteiger partial charge in [-0.05, 0) is 50.6 Å². The minimum atomic E-state index is -0.624. The van der Waals surface area contributed by atoms with Crippen molar-refractivity contribution in [3.05, 3.63) is 108 Å². The molecule has 6 heteroatoms. The summed E-state index contributed by atoms with van der Waals surface area (Å²) < 4.78 is 21.9. The van der Waals surface area contributed by atoms with Gasteiger partial charge in [-0.2, -0.15) is 5.10 Å². The maximum absolute atomic E-state index is 13.9. The Morgan fingerprint density at radius 2 is 1.65 bits per heavy atom. The van der Waals surface area contributed by atoms with Gasteiger partial charge in [0.1, 0.15) is 11.6 Å². The summed E-state index contributed by atoms with van der Waals surface area (Å²) >= 11 is 0. The molecule has 0 bridgehead atoms. The lowest BCUT2D eigenvalue weighted by Crippen LogP contribution is -2.34. The van der Waals surface area contributed by atoms with E-state index < -0.39 is 6.10 Å². The zero-order valence-electron chi connectivity index (χ0n) is 19.7. The summed E-state index contributed by atoms with van der Waals surface area (Å²) in [6.07, 6.45) is -0.624. The number of hydrogen-bond donors (Lipinski definition) is 1. The molecule has 1 aromatic heterocycles. The van der Waals surface area contributed by atoms with Gasteiger partial charge in [0.05, 0.1) is 23.0 Å². The first kappa shape index (κ1) is 23.7. The number of halogens is 1. The van der Waals surface area contributed by atoms with Gasteiger partial charge in [0.2, 0.25) is 5.88 Å². The Bertz CT molecular complexity index is 1210. The van der Waals surface area contributed by atoms with E-state index in [1.54, 1.807) is 16.8 Å². The van der Waals surface area contributed by atoms with Crippen LogP contribution in [-0.4, -0.2) is 32.4 Å². The van der Waals surface area contributed by atoms with E-state index in [0.717, 1.165) is 22.5 Å². The molecular weight excluding hydrogens is 429 g/mol. The van der Waals surface area contributed by atoms with Crippen LogP contribution in [0, 0.1) is 12.7 Å². The standard InChI is InChI=1S/C28H30FN3O2/c1-20(2)31(19-27(33)22-11-6-4-7-12-22)18-26-21(3)30-32(24-14-8-5-9-15-24)28(26)34-25-16-10-13-23(29)17-25/h4-17,20,27,33H,18-19H2,1-3H3. The number of para-hydroxylation sites is 1. The van der Waals surface area contributed by atoms with E-state index in [2.05, 4.69) is 18.7 Å². The SMILES string of the molecule is Cc1nn(-c2ccccc2)c(Oc2cccc(F)c2)c1CN(CC(O)c1ccccc1)C(C)C. The van der Waals surface area contributed by atoms with Crippen molar-refractivity contribution in [2.24, 2.45) is 0 Å². The molecule has 176 valence electrons. The normalized spacial score (nSPS) is 12.3. The van der Waals surface area contributed by atoms with Gasteiger partial charge in [-0.15, -0.1) is 0 Å². The second-order valence-corrected chi connectivity index (χ2v) is 8.63. The predicted octanol–water partition coefficient (Wildman–Crippen LogP) is 6.06. The maximum atomic E-state index is 13.9. The van der Waals surface area contributed by atoms with Crippen LogP contribution < -0.4 is 4.74 Å². The molecule has 4 aromatic rings. The second-order valence-electron chi connectivity index (χ2n) is 8.63. The van der Waals surface area contributed by atoms with Crippen molar-refractivity contribution >= 4 is 0 Å². The summed E-state index contributed by atoms with van der Waals surface area (Å²) in [6, 6.07) is 25.6. The van der Waals surface area contributed by atoms with Gasteiger partial charge < -0.3 is 9.84 Å². The average molecular weight is 460 g/mol. The number of aryl methyl sites for hydroxylation is 1. The van der Waals surface area contributed by atoms with Gasteiger partial charge >= 0.3 is 0 Å². The Kier molecular flexibility index (Phi) is 7.40. The quantitative estimate of drug-likeness (QED) is 0.331. The van der Waals surface area contributed by atoms with Crippen LogP contribution in [0.25, 0.3) is 5.69 Å². The molecular formula is C28H30FN3O2. The highest BCUT2D eigenvalue weighted by atomic mass is 19.1. The van der Waals surface area contributed by atoms with E-state index in [4.69, 9.17) is 9.84 Å². The Balaban J connectivity index is 1.70. The van der Waals surface area contributed by atoms with Crippen LogP contribution in [0.5, 0.6) is 11.6 Å². The third-order valence-corrected chi connectivity index (χ3v) is 5.83. The van der Waals surface area contributed by atoms with Crippen molar-refractivity contribution in [2.75, 3.05) is 6.54 Å². The monoisotopic (exact) mass is 459 g/mol. The molecule has 0 radical (unpaired) electrons. The number of aliphatic hydroxyl groups excluding tert-OH is 1. The van der Waals surface area contributed by atoms with Crippen LogP contribution in [0.2, 0.25) is 0 Å². The molecule has 4 rings (SSSR count). The van der Waals surface area contributed by atoms with E-state index >= 15 is 0 Å². The molecule has 0 saturated carbocycles. The van der Waals surface area contributed by atoms with E-state index in [1.807, 2.05) is 67.6 Å². The zero-order valence-corrected chi connectivity index (χ0v) is 19.7. The molecule has 0 aliphatic carbocycles. The first-order valence-corrected chi connectivity index (χ1v) is 11.5. The Morgan fingerprint density at radius 3 is 2.29 bits per heavy atom. The maximum Gasteiger partial charge on any atom is 0.227 e. The van der Waals surface area contributed by atoms with Crippen molar-refractivity contribution in [1.82, 2.24) is 14.7 Å². The predicted molar refractivity (Wildman–Crippen MR) is 132 cm³/mol. The number of aromatic nitrogens is 2. The fourth-order valence-electron chi connectivity index (χ4n) is 3.88. The van der Waals surface area contributed by atoms with Gasteiger partial charge in [0.25, 0.3) is 0 Å². The molecule has 1 N–H and O–H groups in total. The molecule has 0 spiro atoms. The van der Waals surface area contributed by atoms with Gasteiger partial charge in [-0.3, -0.25) is 4.90 Å².